The average Bonchev–Trinajstić information content (AvgIpc) is 2.46. The van der Waals surface area contributed by atoms with Crippen LogP contribution in [0.25, 0.3) is 0 Å². The summed E-state index contributed by atoms with van der Waals surface area (Å²) in [7, 11) is 0. The molecule has 1 aliphatic heterocycles. The van der Waals surface area contributed by atoms with Crippen LogP contribution in [-0.2, 0) is 9.53 Å². The number of esters is 1. The van der Waals surface area contributed by atoms with Crippen LogP contribution in [0.2, 0.25) is 0 Å². The molecule has 3 aliphatic rings. The number of carbonyl (C=O) groups excluding carboxylic acids is 1. The molecule has 0 saturated heterocycles. The van der Waals surface area contributed by atoms with Crippen molar-refractivity contribution in [2.75, 3.05) is 0 Å². The topological polar surface area (TPSA) is 46.5 Å². The van der Waals surface area contributed by atoms with E-state index in [0.717, 1.165) is 31.3 Å². The molecule has 0 aromatic rings. The zero-order chi connectivity index (χ0) is 13.1. The molecule has 3 rings (SSSR count). The van der Waals surface area contributed by atoms with E-state index in [0.29, 0.717) is 17.9 Å². The number of fused-ring (bicyclic) bond motifs is 2. The van der Waals surface area contributed by atoms with Crippen LogP contribution in [-0.4, -0.2) is 16.9 Å². The fraction of sp³-hybridized carbons (Fsp3) is 0.667. The van der Waals surface area contributed by atoms with E-state index in [1.807, 2.05) is 0 Å². The number of aliphatic hydroxyl groups is 1. The van der Waals surface area contributed by atoms with Crippen LogP contribution in [0.4, 0.5) is 0 Å². The van der Waals surface area contributed by atoms with Gasteiger partial charge < -0.3 is 9.84 Å². The highest BCUT2D eigenvalue weighted by atomic mass is 16.7. The van der Waals surface area contributed by atoms with Crippen molar-refractivity contribution < 1.29 is 14.6 Å². The molecule has 0 spiro atoms. The van der Waals surface area contributed by atoms with Gasteiger partial charge in [-0.15, -0.1) is 0 Å². The fourth-order valence-electron chi connectivity index (χ4n) is 4.08. The lowest BCUT2D eigenvalue weighted by Gasteiger charge is -2.50. The second-order valence-corrected chi connectivity index (χ2v) is 6.38. The second-order valence-electron chi connectivity index (χ2n) is 6.38. The Morgan fingerprint density at radius 1 is 1.50 bits per heavy atom. The smallest absolute Gasteiger partial charge is 0.336 e. The quantitative estimate of drug-likeness (QED) is 0.529. The summed E-state index contributed by atoms with van der Waals surface area (Å²) in [5, 5.41) is 10.6. The summed E-state index contributed by atoms with van der Waals surface area (Å²) >= 11 is 0. The van der Waals surface area contributed by atoms with Gasteiger partial charge in [0.1, 0.15) is 0 Å². The van der Waals surface area contributed by atoms with Gasteiger partial charge in [-0.2, -0.15) is 0 Å². The van der Waals surface area contributed by atoms with Crippen LogP contribution in [0.5, 0.6) is 0 Å². The lowest BCUT2D eigenvalue weighted by Crippen LogP contribution is -2.48. The third kappa shape index (κ3) is 1.43. The van der Waals surface area contributed by atoms with E-state index in [4.69, 9.17) is 4.74 Å². The monoisotopic (exact) mass is 248 g/mol. The van der Waals surface area contributed by atoms with Gasteiger partial charge in [-0.3, -0.25) is 0 Å². The Bertz CT molecular complexity index is 476. The highest BCUT2D eigenvalue weighted by Crippen LogP contribution is 2.58. The first-order valence-electron chi connectivity index (χ1n) is 6.69. The van der Waals surface area contributed by atoms with Crippen molar-refractivity contribution in [3.8, 4) is 0 Å². The van der Waals surface area contributed by atoms with E-state index in [2.05, 4.69) is 13.5 Å². The van der Waals surface area contributed by atoms with Crippen molar-refractivity contribution in [2.45, 2.75) is 51.7 Å². The van der Waals surface area contributed by atoms with Crippen molar-refractivity contribution in [3.05, 3.63) is 23.3 Å². The third-order valence-corrected chi connectivity index (χ3v) is 5.12. The lowest BCUT2D eigenvalue weighted by atomic mass is 9.56. The molecule has 2 fully saturated rings. The minimum absolute atomic E-state index is 0.0124. The molecule has 98 valence electrons. The summed E-state index contributed by atoms with van der Waals surface area (Å²) in [6, 6.07) is 0. The van der Waals surface area contributed by atoms with Gasteiger partial charge in [-0.25, -0.2) is 4.79 Å². The molecule has 0 amide bonds. The van der Waals surface area contributed by atoms with Gasteiger partial charge in [-0.1, -0.05) is 19.1 Å². The summed E-state index contributed by atoms with van der Waals surface area (Å²) in [6.07, 6.45) is 4.50. The third-order valence-electron chi connectivity index (χ3n) is 5.12. The Kier molecular flexibility index (Phi) is 2.31. The molecule has 0 radical (unpaired) electrons. The molecule has 18 heavy (non-hydrogen) atoms. The van der Waals surface area contributed by atoms with E-state index in [1.165, 1.54) is 5.57 Å². The van der Waals surface area contributed by atoms with Gasteiger partial charge >= 0.3 is 5.97 Å². The summed E-state index contributed by atoms with van der Waals surface area (Å²) < 4.78 is 5.23. The highest BCUT2D eigenvalue weighted by molar-refractivity contribution is 5.92. The van der Waals surface area contributed by atoms with Crippen molar-refractivity contribution in [1.82, 2.24) is 0 Å². The first-order valence-corrected chi connectivity index (χ1v) is 6.69. The molecular formula is C15H20O3. The Morgan fingerprint density at radius 3 is 2.94 bits per heavy atom. The van der Waals surface area contributed by atoms with Crippen LogP contribution in [0, 0.1) is 11.3 Å². The molecule has 1 N–H and O–H groups in total. The first-order chi connectivity index (χ1) is 8.36. The normalized spacial score (nSPS) is 43.6. The van der Waals surface area contributed by atoms with Gasteiger partial charge in [0.2, 0.25) is 5.79 Å². The number of hydrogen-bond donors (Lipinski definition) is 1. The Balaban J connectivity index is 2.04. The molecule has 3 atom stereocenters. The zero-order valence-corrected chi connectivity index (χ0v) is 11.1. The van der Waals surface area contributed by atoms with Crippen molar-refractivity contribution in [2.24, 2.45) is 11.3 Å². The first kappa shape index (κ1) is 12.0. The maximum atomic E-state index is 11.7. The van der Waals surface area contributed by atoms with Crippen LogP contribution < -0.4 is 0 Å². The molecule has 0 bridgehead atoms. The predicted octanol–water partition coefficient (Wildman–Crippen LogP) is 2.70. The standard InChI is InChI=1S/C15H20O3/c1-9-5-4-6-14(3)8-15(17)12(7-11(9)14)10(2)13(16)18-15/h11,17H,1,4-8H2,2-3H3/t11-,14?,15?/m0/s1. The largest absolute Gasteiger partial charge is 0.426 e. The van der Waals surface area contributed by atoms with E-state index >= 15 is 0 Å². The minimum atomic E-state index is -1.34. The average molecular weight is 248 g/mol. The Morgan fingerprint density at radius 2 is 2.22 bits per heavy atom. The van der Waals surface area contributed by atoms with E-state index in [9.17, 15) is 9.90 Å². The minimum Gasteiger partial charge on any atom is -0.426 e. The van der Waals surface area contributed by atoms with Gasteiger partial charge in [0.15, 0.2) is 0 Å². The molecule has 0 aromatic carbocycles. The van der Waals surface area contributed by atoms with Crippen LogP contribution in [0.1, 0.15) is 46.0 Å². The van der Waals surface area contributed by atoms with E-state index in [-0.39, 0.29) is 11.4 Å². The predicted molar refractivity (Wildman–Crippen MR) is 67.6 cm³/mol. The number of ether oxygens (including phenoxy) is 1. The Hall–Kier alpha value is -1.09. The summed E-state index contributed by atoms with van der Waals surface area (Å²) in [4.78, 5) is 11.7. The van der Waals surface area contributed by atoms with Crippen molar-refractivity contribution in [1.29, 1.82) is 0 Å². The van der Waals surface area contributed by atoms with Crippen LogP contribution in [0.3, 0.4) is 0 Å². The molecule has 2 saturated carbocycles. The summed E-state index contributed by atoms with van der Waals surface area (Å²) in [6.45, 7) is 8.14. The maximum absolute atomic E-state index is 11.7. The van der Waals surface area contributed by atoms with Crippen LogP contribution >= 0.6 is 0 Å². The SMILES string of the molecule is C=C1CCCC2(C)CC3(O)OC(=O)C(C)=C3C[C@@H]12. The Labute approximate surface area is 108 Å². The molecule has 2 aliphatic carbocycles. The highest BCUT2D eigenvalue weighted by Gasteiger charge is 2.56. The molecule has 0 aromatic heterocycles. The van der Waals surface area contributed by atoms with Crippen molar-refractivity contribution >= 4 is 5.97 Å². The molecule has 3 heteroatoms. The molecule has 2 unspecified atom stereocenters. The number of allylic oxidation sites excluding steroid dienone is 1. The van der Waals surface area contributed by atoms with E-state index in [1.54, 1.807) is 6.92 Å². The van der Waals surface area contributed by atoms with Gasteiger partial charge in [0, 0.05) is 17.6 Å². The van der Waals surface area contributed by atoms with Crippen molar-refractivity contribution in [3.63, 3.8) is 0 Å². The van der Waals surface area contributed by atoms with Crippen LogP contribution in [0.15, 0.2) is 23.3 Å². The number of rotatable bonds is 0. The summed E-state index contributed by atoms with van der Waals surface area (Å²) in [5.74, 6) is -1.32. The maximum Gasteiger partial charge on any atom is 0.336 e. The number of hydrogen-bond acceptors (Lipinski definition) is 3. The lowest BCUT2D eigenvalue weighted by molar-refractivity contribution is -0.203. The van der Waals surface area contributed by atoms with Gasteiger partial charge in [0.25, 0.3) is 0 Å². The van der Waals surface area contributed by atoms with Gasteiger partial charge in [0.05, 0.1) is 0 Å². The van der Waals surface area contributed by atoms with E-state index < -0.39 is 5.79 Å². The number of carbonyl (C=O) groups is 1. The zero-order valence-electron chi connectivity index (χ0n) is 11.1. The summed E-state index contributed by atoms with van der Waals surface area (Å²) in [5.41, 5.74) is 2.67. The fourth-order valence-corrected chi connectivity index (χ4v) is 4.08. The molecule has 1 heterocycles. The van der Waals surface area contributed by atoms with Gasteiger partial charge in [-0.05, 0) is 43.9 Å². The second kappa shape index (κ2) is 3.47. The molecular weight excluding hydrogens is 228 g/mol. The molecule has 3 nitrogen and oxygen atoms in total.